The smallest absolute Gasteiger partial charge is 0.305 e. The summed E-state index contributed by atoms with van der Waals surface area (Å²) >= 11 is 0. The van der Waals surface area contributed by atoms with Crippen LogP contribution in [0, 0.1) is 0 Å². The highest BCUT2D eigenvalue weighted by atomic mass is 16.5. The molecule has 3 heteroatoms. The molecule has 0 unspecified atom stereocenters. The fourth-order valence-electron chi connectivity index (χ4n) is 4.70. The number of carbonyl (C=O) groups excluding carboxylic acids is 1. The van der Waals surface area contributed by atoms with Crippen LogP contribution in [0.3, 0.4) is 0 Å². The highest BCUT2D eigenvalue weighted by molar-refractivity contribution is 5.69. The van der Waals surface area contributed by atoms with Crippen LogP contribution < -0.4 is 0 Å². The Labute approximate surface area is 234 Å². The monoisotopic (exact) mass is 527 g/mol. The molecule has 0 heterocycles. The zero-order chi connectivity index (χ0) is 27.5. The molecule has 0 aliphatic carbocycles. The molecule has 0 aromatic carbocycles. The molecule has 37 heavy (non-hydrogen) atoms. The third-order valence-electron chi connectivity index (χ3n) is 7.26. The van der Waals surface area contributed by atoms with Gasteiger partial charge in [-0.25, -0.2) is 0 Å². The maximum absolute atomic E-state index is 11.3. The van der Waals surface area contributed by atoms with Gasteiger partial charge in [0.05, 0.1) is 6.61 Å². The molecule has 0 rings (SSSR count). The van der Waals surface area contributed by atoms with Crippen molar-refractivity contribution in [2.75, 3.05) is 13.2 Å². The van der Waals surface area contributed by atoms with E-state index in [9.17, 15) is 4.79 Å². The summed E-state index contributed by atoms with van der Waals surface area (Å²) in [6.45, 7) is 7.28. The number of aliphatic hydroxyl groups excluding tert-OH is 1. The van der Waals surface area contributed by atoms with Crippen LogP contribution in [-0.2, 0) is 9.53 Å². The molecule has 0 radical (unpaired) electrons. The minimum absolute atomic E-state index is 0.0893. The number of ether oxygens (including phenoxy) is 1. The number of hydrogen-bond acceptors (Lipinski definition) is 3. The summed E-state index contributed by atoms with van der Waals surface area (Å²) in [4.78, 5) is 11.3. The van der Waals surface area contributed by atoms with E-state index in [0.29, 0.717) is 19.4 Å². The summed E-state index contributed by atoms with van der Waals surface area (Å²) < 4.78 is 4.99. The maximum Gasteiger partial charge on any atom is 0.305 e. The van der Waals surface area contributed by atoms with E-state index in [0.717, 1.165) is 12.8 Å². The zero-order valence-electron chi connectivity index (χ0n) is 26.0. The minimum atomic E-state index is -0.114. The third-order valence-corrected chi connectivity index (χ3v) is 7.26. The van der Waals surface area contributed by atoms with E-state index in [1.807, 2.05) is 0 Å². The molecule has 0 bridgehead atoms. The van der Waals surface area contributed by atoms with Crippen molar-refractivity contribution in [3.63, 3.8) is 0 Å². The third kappa shape index (κ3) is 40.1. The van der Waals surface area contributed by atoms with E-state index in [2.05, 4.69) is 20.8 Å². The summed E-state index contributed by atoms with van der Waals surface area (Å²) in [6.07, 6.45) is 37.1. The zero-order valence-corrected chi connectivity index (χ0v) is 26.0. The van der Waals surface area contributed by atoms with Crippen molar-refractivity contribution >= 4 is 5.97 Å². The SMILES string of the molecule is CCCCCCCCCCCCCCC.CCCCCCCCCCCCCCCC(=O)OCCCO. The van der Waals surface area contributed by atoms with Crippen molar-refractivity contribution in [2.45, 2.75) is 201 Å². The minimum Gasteiger partial charge on any atom is -0.466 e. The lowest BCUT2D eigenvalue weighted by atomic mass is 10.0. The van der Waals surface area contributed by atoms with Crippen LogP contribution in [-0.4, -0.2) is 24.3 Å². The number of unbranched alkanes of at least 4 members (excludes halogenated alkanes) is 24. The molecule has 0 saturated carbocycles. The molecular weight excluding hydrogens is 456 g/mol. The van der Waals surface area contributed by atoms with Crippen molar-refractivity contribution in [3.8, 4) is 0 Å². The van der Waals surface area contributed by atoms with Crippen molar-refractivity contribution in [3.05, 3.63) is 0 Å². The first-order valence-electron chi connectivity index (χ1n) is 17.0. The van der Waals surface area contributed by atoms with Crippen LogP contribution in [0.4, 0.5) is 0 Å². The van der Waals surface area contributed by atoms with E-state index in [-0.39, 0.29) is 12.6 Å². The summed E-state index contributed by atoms with van der Waals surface area (Å²) in [5.74, 6) is -0.114. The molecule has 0 aromatic heterocycles. The second kappa shape index (κ2) is 37.6. The van der Waals surface area contributed by atoms with E-state index >= 15 is 0 Å². The van der Waals surface area contributed by atoms with Gasteiger partial charge in [-0.2, -0.15) is 0 Å². The van der Waals surface area contributed by atoms with Gasteiger partial charge in [-0.15, -0.1) is 0 Å². The molecule has 3 nitrogen and oxygen atoms in total. The van der Waals surface area contributed by atoms with Crippen LogP contribution in [0.25, 0.3) is 0 Å². The summed E-state index contributed by atoms with van der Waals surface area (Å²) in [6, 6.07) is 0. The molecule has 224 valence electrons. The van der Waals surface area contributed by atoms with Gasteiger partial charge in [0.15, 0.2) is 0 Å². The van der Waals surface area contributed by atoms with E-state index < -0.39 is 0 Å². The lowest BCUT2D eigenvalue weighted by molar-refractivity contribution is -0.144. The Morgan fingerprint density at radius 3 is 0.973 bits per heavy atom. The summed E-state index contributed by atoms with van der Waals surface area (Å²) in [5, 5.41) is 8.59. The lowest BCUT2D eigenvalue weighted by Crippen LogP contribution is -2.06. The van der Waals surface area contributed by atoms with Crippen molar-refractivity contribution < 1.29 is 14.6 Å². The van der Waals surface area contributed by atoms with Gasteiger partial charge in [0, 0.05) is 19.4 Å². The molecule has 0 aliphatic rings. The highest BCUT2D eigenvalue weighted by Gasteiger charge is 2.02. The van der Waals surface area contributed by atoms with E-state index in [1.165, 1.54) is 154 Å². The van der Waals surface area contributed by atoms with E-state index in [1.54, 1.807) is 0 Å². The summed E-state index contributed by atoms with van der Waals surface area (Å²) in [5.41, 5.74) is 0. The molecular formula is C34H70O3. The molecule has 0 spiro atoms. The average Bonchev–Trinajstić information content (AvgIpc) is 2.90. The average molecular weight is 527 g/mol. The molecule has 0 aromatic rings. The maximum atomic E-state index is 11.3. The van der Waals surface area contributed by atoms with Gasteiger partial charge in [0.2, 0.25) is 0 Å². The van der Waals surface area contributed by atoms with Gasteiger partial charge in [0.1, 0.15) is 0 Å². The Morgan fingerprint density at radius 1 is 0.432 bits per heavy atom. The first-order valence-corrected chi connectivity index (χ1v) is 17.0. The number of carbonyl (C=O) groups is 1. The molecule has 0 fully saturated rings. The van der Waals surface area contributed by atoms with Gasteiger partial charge in [-0.3, -0.25) is 4.79 Å². The number of hydrogen-bond donors (Lipinski definition) is 1. The van der Waals surface area contributed by atoms with Crippen LogP contribution in [0.1, 0.15) is 201 Å². The molecule has 0 aliphatic heterocycles. The Kier molecular flexibility index (Phi) is 39.2. The largest absolute Gasteiger partial charge is 0.466 e. The summed E-state index contributed by atoms with van der Waals surface area (Å²) in [7, 11) is 0. The first kappa shape index (κ1) is 38.6. The van der Waals surface area contributed by atoms with Crippen LogP contribution in [0.5, 0.6) is 0 Å². The molecule has 1 N–H and O–H groups in total. The van der Waals surface area contributed by atoms with E-state index in [4.69, 9.17) is 9.84 Å². The van der Waals surface area contributed by atoms with Gasteiger partial charge in [-0.1, -0.05) is 181 Å². The predicted octanol–water partition coefficient (Wildman–Crippen LogP) is 11.5. The fourth-order valence-corrected chi connectivity index (χ4v) is 4.70. The Bertz CT molecular complexity index is 385. The van der Waals surface area contributed by atoms with Crippen molar-refractivity contribution in [1.29, 1.82) is 0 Å². The normalized spacial score (nSPS) is 10.8. The topological polar surface area (TPSA) is 46.5 Å². The van der Waals surface area contributed by atoms with Crippen molar-refractivity contribution in [1.82, 2.24) is 0 Å². The van der Waals surface area contributed by atoms with Crippen molar-refractivity contribution in [2.24, 2.45) is 0 Å². The standard InChI is InChI=1S/C19H38O3.C15H32/c1-2-3-4-5-6-7-8-9-10-11-12-13-14-16-19(21)22-18-15-17-20;1-3-5-7-9-11-13-15-14-12-10-8-6-4-2/h20H,2-18H2,1H3;3-15H2,1-2H3. The van der Waals surface area contributed by atoms with Gasteiger partial charge in [0.25, 0.3) is 0 Å². The quantitative estimate of drug-likeness (QED) is 0.0778. The Balaban J connectivity index is 0. The van der Waals surface area contributed by atoms with Gasteiger partial charge >= 0.3 is 5.97 Å². The number of aliphatic hydroxyl groups is 1. The molecule has 0 atom stereocenters. The second-order valence-corrected chi connectivity index (χ2v) is 11.2. The van der Waals surface area contributed by atoms with Crippen LogP contribution >= 0.6 is 0 Å². The van der Waals surface area contributed by atoms with Gasteiger partial charge < -0.3 is 9.84 Å². The predicted molar refractivity (Wildman–Crippen MR) is 164 cm³/mol. The second-order valence-electron chi connectivity index (χ2n) is 11.2. The Morgan fingerprint density at radius 2 is 0.703 bits per heavy atom. The fraction of sp³-hybridized carbons (Fsp3) is 0.971. The highest BCUT2D eigenvalue weighted by Crippen LogP contribution is 2.14. The van der Waals surface area contributed by atoms with Gasteiger partial charge in [-0.05, 0) is 6.42 Å². The van der Waals surface area contributed by atoms with Crippen LogP contribution in [0.15, 0.2) is 0 Å². The molecule has 0 amide bonds. The number of rotatable bonds is 29. The lowest BCUT2D eigenvalue weighted by Gasteiger charge is -2.04. The molecule has 0 saturated heterocycles. The number of esters is 1. The Hall–Kier alpha value is -0.570. The van der Waals surface area contributed by atoms with Crippen LogP contribution in [0.2, 0.25) is 0 Å². The first-order chi connectivity index (χ1) is 18.2.